The Balaban J connectivity index is 2.54. The van der Waals surface area contributed by atoms with E-state index in [0.29, 0.717) is 6.54 Å². The predicted octanol–water partition coefficient (Wildman–Crippen LogP) is 2.47. The first-order valence-corrected chi connectivity index (χ1v) is 8.49. The van der Waals surface area contributed by atoms with Gasteiger partial charge >= 0.3 is 6.09 Å². The van der Waals surface area contributed by atoms with Crippen molar-refractivity contribution < 1.29 is 19.1 Å². The number of nitrogens with one attached hydrogen (secondary N) is 2. The minimum atomic E-state index is -0.556. The molecule has 6 nitrogen and oxygen atoms in total. The van der Waals surface area contributed by atoms with Crippen LogP contribution in [0.5, 0.6) is 0 Å². The summed E-state index contributed by atoms with van der Waals surface area (Å²) < 4.78 is 10.8. The molecule has 1 aliphatic heterocycles. The lowest BCUT2D eigenvalue weighted by molar-refractivity contribution is -0.127. The molecule has 2 amide bonds. The van der Waals surface area contributed by atoms with Gasteiger partial charge in [-0.3, -0.25) is 4.79 Å². The van der Waals surface area contributed by atoms with Crippen molar-refractivity contribution in [1.29, 1.82) is 0 Å². The Hall–Kier alpha value is -1.30. The maximum atomic E-state index is 12.5. The molecule has 0 aromatic heterocycles. The van der Waals surface area contributed by atoms with Crippen LogP contribution in [0.2, 0.25) is 0 Å². The van der Waals surface area contributed by atoms with Gasteiger partial charge in [0.15, 0.2) is 0 Å². The summed E-state index contributed by atoms with van der Waals surface area (Å²) in [7, 11) is 0. The normalized spacial score (nSPS) is 20.9. The third kappa shape index (κ3) is 7.20. The number of rotatable bonds is 6. The van der Waals surface area contributed by atoms with Crippen molar-refractivity contribution in [3.63, 3.8) is 0 Å². The third-order valence-electron chi connectivity index (χ3n) is 3.83. The lowest BCUT2D eigenvalue weighted by Crippen LogP contribution is -2.49. The average molecular weight is 328 g/mol. The molecular formula is C17H32N2O4. The summed E-state index contributed by atoms with van der Waals surface area (Å²) in [6, 6.07) is -0.311. The predicted molar refractivity (Wildman–Crippen MR) is 89.1 cm³/mol. The fourth-order valence-electron chi connectivity index (χ4n) is 2.83. The van der Waals surface area contributed by atoms with E-state index < -0.39 is 11.7 Å². The lowest BCUT2D eigenvalue weighted by atomic mass is 9.88. The van der Waals surface area contributed by atoms with Gasteiger partial charge in [0.2, 0.25) is 5.91 Å². The molecular weight excluding hydrogens is 296 g/mol. The highest BCUT2D eigenvalue weighted by atomic mass is 16.6. The van der Waals surface area contributed by atoms with Crippen molar-refractivity contribution in [2.24, 2.45) is 11.8 Å². The van der Waals surface area contributed by atoms with E-state index >= 15 is 0 Å². The van der Waals surface area contributed by atoms with Crippen molar-refractivity contribution in [3.05, 3.63) is 0 Å². The highest BCUT2D eigenvalue weighted by molar-refractivity contribution is 5.80. The molecule has 1 heterocycles. The summed E-state index contributed by atoms with van der Waals surface area (Å²) in [5, 5.41) is 5.73. The summed E-state index contributed by atoms with van der Waals surface area (Å²) in [5.74, 6) is -0.271. The molecule has 1 fully saturated rings. The van der Waals surface area contributed by atoms with E-state index in [1.54, 1.807) is 0 Å². The van der Waals surface area contributed by atoms with E-state index in [0.717, 1.165) is 19.4 Å². The van der Waals surface area contributed by atoms with E-state index in [9.17, 15) is 9.59 Å². The molecule has 134 valence electrons. The fraction of sp³-hybridized carbons (Fsp3) is 0.882. The summed E-state index contributed by atoms with van der Waals surface area (Å²) in [6.45, 7) is 12.5. The number of carbonyl (C=O) groups excluding carboxylic acids is 2. The smallest absolute Gasteiger partial charge is 0.407 e. The lowest BCUT2D eigenvalue weighted by Gasteiger charge is -2.29. The highest BCUT2D eigenvalue weighted by Crippen LogP contribution is 2.18. The Kier molecular flexibility index (Phi) is 7.32. The molecule has 3 atom stereocenters. The van der Waals surface area contributed by atoms with Gasteiger partial charge in [-0.05, 0) is 46.5 Å². The minimum absolute atomic E-state index is 0.0564. The summed E-state index contributed by atoms with van der Waals surface area (Å²) >= 11 is 0. The van der Waals surface area contributed by atoms with Crippen LogP contribution in [0.25, 0.3) is 0 Å². The Labute approximate surface area is 139 Å². The highest BCUT2D eigenvalue weighted by Gasteiger charge is 2.31. The summed E-state index contributed by atoms with van der Waals surface area (Å²) in [4.78, 5) is 24.4. The topological polar surface area (TPSA) is 76.7 Å². The van der Waals surface area contributed by atoms with Gasteiger partial charge in [-0.15, -0.1) is 0 Å². The summed E-state index contributed by atoms with van der Waals surface area (Å²) in [6.07, 6.45) is 1.65. The van der Waals surface area contributed by atoms with Crippen molar-refractivity contribution in [2.75, 3.05) is 13.2 Å². The average Bonchev–Trinajstić information content (AvgIpc) is 2.86. The van der Waals surface area contributed by atoms with Crippen LogP contribution in [0.15, 0.2) is 0 Å². The molecule has 1 aliphatic rings. The Morgan fingerprint density at radius 3 is 2.39 bits per heavy atom. The minimum Gasteiger partial charge on any atom is -0.444 e. The van der Waals surface area contributed by atoms with Crippen LogP contribution < -0.4 is 10.6 Å². The van der Waals surface area contributed by atoms with Gasteiger partial charge in [-0.25, -0.2) is 4.79 Å². The maximum Gasteiger partial charge on any atom is 0.407 e. The number of hydrogen-bond acceptors (Lipinski definition) is 4. The van der Waals surface area contributed by atoms with Crippen molar-refractivity contribution in [1.82, 2.24) is 10.6 Å². The Morgan fingerprint density at radius 2 is 1.91 bits per heavy atom. The van der Waals surface area contributed by atoms with Crippen LogP contribution >= 0.6 is 0 Å². The third-order valence-corrected chi connectivity index (χ3v) is 3.83. The molecule has 0 unspecified atom stereocenters. The van der Waals surface area contributed by atoms with E-state index in [1.165, 1.54) is 0 Å². The Bertz CT molecular complexity index is 398. The van der Waals surface area contributed by atoms with Crippen LogP contribution in [-0.4, -0.2) is 42.9 Å². The van der Waals surface area contributed by atoms with Gasteiger partial charge in [-0.2, -0.15) is 0 Å². The van der Waals surface area contributed by atoms with Crippen LogP contribution in [-0.2, 0) is 14.3 Å². The zero-order chi connectivity index (χ0) is 17.6. The molecule has 1 rings (SSSR count). The number of carbonyl (C=O) groups is 2. The van der Waals surface area contributed by atoms with E-state index in [4.69, 9.17) is 9.47 Å². The van der Waals surface area contributed by atoms with Gasteiger partial charge in [0, 0.05) is 19.2 Å². The first-order chi connectivity index (χ1) is 10.6. The van der Waals surface area contributed by atoms with Gasteiger partial charge in [0.05, 0.1) is 12.0 Å². The van der Waals surface area contributed by atoms with Crippen LogP contribution in [0.4, 0.5) is 4.79 Å². The zero-order valence-corrected chi connectivity index (χ0v) is 15.3. The van der Waals surface area contributed by atoms with Gasteiger partial charge in [0.25, 0.3) is 0 Å². The van der Waals surface area contributed by atoms with Crippen molar-refractivity contribution in [2.45, 2.75) is 72.1 Å². The standard InChI is InChI=1S/C17H32N2O4/c1-11(2)14(12(3)19-16(21)23-17(4,5)6)15(20)18-10-13-8-7-9-22-13/h11-14H,7-10H2,1-6H3,(H,18,20)(H,19,21)/t12-,13+,14-/m0/s1. The molecule has 0 bridgehead atoms. The number of hydrogen-bond donors (Lipinski definition) is 2. The molecule has 0 aromatic rings. The van der Waals surface area contributed by atoms with E-state index in [-0.39, 0.29) is 29.9 Å². The first-order valence-electron chi connectivity index (χ1n) is 8.49. The molecule has 0 aliphatic carbocycles. The summed E-state index contributed by atoms with van der Waals surface area (Å²) in [5.41, 5.74) is -0.556. The molecule has 0 radical (unpaired) electrons. The maximum absolute atomic E-state index is 12.5. The van der Waals surface area contributed by atoms with Gasteiger partial charge in [-0.1, -0.05) is 13.8 Å². The van der Waals surface area contributed by atoms with Crippen LogP contribution in [0, 0.1) is 11.8 Å². The number of alkyl carbamates (subject to hydrolysis) is 1. The molecule has 2 N–H and O–H groups in total. The van der Waals surface area contributed by atoms with Crippen LogP contribution in [0.1, 0.15) is 54.4 Å². The monoisotopic (exact) mass is 328 g/mol. The second-order valence-electron chi connectivity index (χ2n) is 7.58. The largest absolute Gasteiger partial charge is 0.444 e. The number of ether oxygens (including phenoxy) is 2. The Morgan fingerprint density at radius 1 is 1.26 bits per heavy atom. The zero-order valence-electron chi connectivity index (χ0n) is 15.3. The molecule has 0 aromatic carbocycles. The van der Waals surface area contributed by atoms with Crippen molar-refractivity contribution in [3.8, 4) is 0 Å². The fourth-order valence-corrected chi connectivity index (χ4v) is 2.83. The second-order valence-corrected chi connectivity index (χ2v) is 7.58. The van der Waals surface area contributed by atoms with Gasteiger partial charge in [0.1, 0.15) is 5.60 Å². The SMILES string of the molecule is CC(C)[C@H](C(=O)NC[C@H]1CCCO1)[C@H](C)NC(=O)OC(C)(C)C. The molecule has 0 spiro atoms. The second kappa shape index (κ2) is 8.52. The van der Waals surface area contributed by atoms with Crippen molar-refractivity contribution >= 4 is 12.0 Å². The quantitative estimate of drug-likeness (QED) is 0.785. The molecule has 1 saturated heterocycles. The van der Waals surface area contributed by atoms with Crippen LogP contribution in [0.3, 0.4) is 0 Å². The van der Waals surface area contributed by atoms with Gasteiger partial charge < -0.3 is 20.1 Å². The molecule has 6 heteroatoms. The van der Waals surface area contributed by atoms with E-state index in [2.05, 4.69) is 10.6 Å². The molecule has 23 heavy (non-hydrogen) atoms. The van der Waals surface area contributed by atoms with E-state index in [1.807, 2.05) is 41.5 Å². The first kappa shape index (κ1) is 19.7. The number of amides is 2. The molecule has 0 saturated carbocycles.